The fourth-order valence-corrected chi connectivity index (χ4v) is 10.4. The molecule has 0 aromatic heterocycles. The summed E-state index contributed by atoms with van der Waals surface area (Å²) >= 11 is 0. The van der Waals surface area contributed by atoms with Gasteiger partial charge < -0.3 is 14.6 Å². The van der Waals surface area contributed by atoms with Gasteiger partial charge in [-0.15, -0.1) is 5.73 Å². The van der Waals surface area contributed by atoms with E-state index in [0.29, 0.717) is 6.42 Å². The first-order valence-corrected chi connectivity index (χ1v) is 14.4. The summed E-state index contributed by atoms with van der Waals surface area (Å²) in [5, 5.41) is 24.4. The highest BCUT2D eigenvalue weighted by Crippen LogP contribution is 2.48. The van der Waals surface area contributed by atoms with E-state index < -0.39 is 19.5 Å². The van der Waals surface area contributed by atoms with Gasteiger partial charge in [0.2, 0.25) is 0 Å². The van der Waals surface area contributed by atoms with E-state index in [-0.39, 0.29) is 16.6 Å². The highest BCUT2D eigenvalue weighted by atomic mass is 28.4. The van der Waals surface area contributed by atoms with Crippen LogP contribution in [-0.2, 0) is 4.43 Å². The molecular formula is C31H42O3Si. The van der Waals surface area contributed by atoms with Crippen LogP contribution in [0.2, 0.25) is 5.04 Å². The number of benzene rings is 2. The number of hydrogen-bond donors (Lipinski definition) is 2. The molecule has 3 atom stereocenters. The van der Waals surface area contributed by atoms with Crippen molar-refractivity contribution >= 4 is 18.7 Å². The highest BCUT2D eigenvalue weighted by Gasteiger charge is 2.54. The standard InChI is InChI=1S/C31H42O3Si/c1-9-30(7,32)21-20-27-29(5,6)22-24(23-31(27,8)33)34-35(28(2,3)4,25-16-12-10-13-17-25)26-18-14-11-15-19-26/h9-19,21,24,32-33H,1,22-23H2,2-8H3/t20?,24-,30?,31+/m0/s1. The molecule has 1 saturated carbocycles. The predicted octanol–water partition coefficient (Wildman–Crippen LogP) is 5.52. The van der Waals surface area contributed by atoms with E-state index in [0.717, 1.165) is 12.0 Å². The minimum Gasteiger partial charge on any atom is -0.404 e. The van der Waals surface area contributed by atoms with Gasteiger partial charge in [-0.2, -0.15) is 0 Å². The molecule has 3 rings (SSSR count). The summed E-state index contributed by atoms with van der Waals surface area (Å²) in [7, 11) is -2.74. The summed E-state index contributed by atoms with van der Waals surface area (Å²) in [5.74, 6) is 0. The second-order valence-corrected chi connectivity index (χ2v) is 16.3. The van der Waals surface area contributed by atoms with Gasteiger partial charge in [-0.3, -0.25) is 0 Å². The molecular weight excluding hydrogens is 448 g/mol. The molecule has 35 heavy (non-hydrogen) atoms. The van der Waals surface area contributed by atoms with Crippen LogP contribution >= 0.6 is 0 Å². The Balaban J connectivity index is 2.12. The molecule has 1 fully saturated rings. The lowest BCUT2D eigenvalue weighted by Gasteiger charge is -2.51. The van der Waals surface area contributed by atoms with E-state index >= 15 is 0 Å². The minimum atomic E-state index is -2.74. The van der Waals surface area contributed by atoms with Crippen LogP contribution in [0.3, 0.4) is 0 Å². The summed E-state index contributed by atoms with van der Waals surface area (Å²) < 4.78 is 7.36. The van der Waals surface area contributed by atoms with Crippen molar-refractivity contribution in [3.63, 3.8) is 0 Å². The lowest BCUT2D eigenvalue weighted by atomic mass is 9.65. The van der Waals surface area contributed by atoms with Crippen molar-refractivity contribution in [1.29, 1.82) is 0 Å². The van der Waals surface area contributed by atoms with E-state index in [4.69, 9.17) is 4.43 Å². The molecule has 0 saturated heterocycles. The zero-order valence-electron chi connectivity index (χ0n) is 22.4. The first-order valence-electron chi connectivity index (χ1n) is 12.5. The number of rotatable bonds is 6. The molecule has 0 radical (unpaired) electrons. The Morgan fingerprint density at radius 3 is 1.83 bits per heavy atom. The van der Waals surface area contributed by atoms with Crippen LogP contribution in [0.15, 0.2) is 90.7 Å². The van der Waals surface area contributed by atoms with E-state index in [1.807, 2.05) is 19.1 Å². The van der Waals surface area contributed by atoms with E-state index in [1.54, 1.807) is 13.0 Å². The van der Waals surface area contributed by atoms with Crippen LogP contribution in [0.5, 0.6) is 0 Å². The first kappa shape index (κ1) is 27.4. The second kappa shape index (κ2) is 9.69. The van der Waals surface area contributed by atoms with E-state index in [1.165, 1.54) is 16.4 Å². The van der Waals surface area contributed by atoms with Gasteiger partial charge in [0.15, 0.2) is 0 Å². The molecule has 3 nitrogen and oxygen atoms in total. The molecule has 0 bridgehead atoms. The zero-order chi connectivity index (χ0) is 26.1. The van der Waals surface area contributed by atoms with Crippen molar-refractivity contribution in [2.45, 2.75) is 83.7 Å². The smallest absolute Gasteiger partial charge is 0.261 e. The van der Waals surface area contributed by atoms with Gasteiger partial charge in [0, 0.05) is 18.1 Å². The van der Waals surface area contributed by atoms with Crippen molar-refractivity contribution < 1.29 is 14.6 Å². The maximum Gasteiger partial charge on any atom is 0.261 e. The minimum absolute atomic E-state index is 0.135. The van der Waals surface area contributed by atoms with Crippen LogP contribution in [0.1, 0.15) is 61.3 Å². The Kier molecular flexibility index (Phi) is 7.58. The lowest BCUT2D eigenvalue weighted by molar-refractivity contribution is -0.0207. The molecule has 0 heterocycles. The van der Waals surface area contributed by atoms with Gasteiger partial charge in [-0.1, -0.05) is 108 Å². The third kappa shape index (κ3) is 5.63. The van der Waals surface area contributed by atoms with E-state index in [9.17, 15) is 10.2 Å². The monoisotopic (exact) mass is 490 g/mol. The summed E-state index contributed by atoms with van der Waals surface area (Å²) in [6, 6.07) is 21.2. The molecule has 1 unspecified atom stereocenters. The van der Waals surface area contributed by atoms with Gasteiger partial charge >= 0.3 is 0 Å². The van der Waals surface area contributed by atoms with Crippen molar-refractivity contribution in [3.8, 4) is 0 Å². The zero-order valence-corrected chi connectivity index (χ0v) is 23.4. The maximum absolute atomic E-state index is 11.7. The molecule has 1 aliphatic carbocycles. The molecule has 0 amide bonds. The fourth-order valence-electron chi connectivity index (χ4n) is 5.67. The quantitative estimate of drug-likeness (QED) is 0.318. The first-order chi connectivity index (χ1) is 16.1. The van der Waals surface area contributed by atoms with Crippen LogP contribution in [0.4, 0.5) is 0 Å². The van der Waals surface area contributed by atoms with Crippen LogP contribution in [0, 0.1) is 5.41 Å². The SMILES string of the molecule is C=CC(C)(O)C=C=C1C(C)(C)C[C@H](O[Si](c2ccccc2)(c2ccccc2)C(C)(C)C)C[C@@]1(C)O. The molecule has 2 aromatic rings. The maximum atomic E-state index is 11.7. The second-order valence-electron chi connectivity index (χ2n) is 12.1. The number of aliphatic hydroxyl groups is 2. The molecule has 4 heteroatoms. The van der Waals surface area contributed by atoms with Crippen molar-refractivity contribution in [3.05, 3.63) is 90.7 Å². The fraction of sp³-hybridized carbons (Fsp3) is 0.452. The Labute approximate surface area is 213 Å². The third-order valence-electron chi connectivity index (χ3n) is 7.26. The van der Waals surface area contributed by atoms with Crippen molar-refractivity contribution in [2.24, 2.45) is 5.41 Å². The normalized spacial score (nSPS) is 24.3. The van der Waals surface area contributed by atoms with Gasteiger partial charge in [0.05, 0.1) is 5.60 Å². The summed E-state index contributed by atoms with van der Waals surface area (Å²) in [6.45, 7) is 18.3. The van der Waals surface area contributed by atoms with Gasteiger partial charge in [-0.25, -0.2) is 0 Å². The summed E-state index contributed by atoms with van der Waals surface area (Å²) in [6.07, 6.45) is 4.14. The molecule has 0 aliphatic heterocycles. The van der Waals surface area contributed by atoms with E-state index in [2.05, 4.69) is 95.5 Å². The largest absolute Gasteiger partial charge is 0.404 e. The Morgan fingerprint density at radius 2 is 1.43 bits per heavy atom. The number of hydrogen-bond acceptors (Lipinski definition) is 3. The van der Waals surface area contributed by atoms with Crippen molar-refractivity contribution in [1.82, 2.24) is 0 Å². The average Bonchev–Trinajstić information content (AvgIpc) is 2.76. The van der Waals surface area contributed by atoms with Gasteiger partial charge in [0.25, 0.3) is 8.32 Å². The molecule has 188 valence electrons. The Hall–Kier alpha value is -2.20. The highest BCUT2D eigenvalue weighted by molar-refractivity contribution is 6.99. The van der Waals surface area contributed by atoms with Crippen LogP contribution < -0.4 is 10.4 Å². The predicted molar refractivity (Wildman–Crippen MR) is 149 cm³/mol. The summed E-state index contributed by atoms with van der Waals surface area (Å²) in [4.78, 5) is 0. The third-order valence-corrected chi connectivity index (χ3v) is 12.4. The van der Waals surface area contributed by atoms with Crippen LogP contribution in [-0.4, -0.2) is 35.8 Å². The molecule has 2 aromatic carbocycles. The Bertz CT molecular complexity index is 1030. The summed E-state index contributed by atoms with van der Waals surface area (Å²) in [5.41, 5.74) is 1.36. The van der Waals surface area contributed by atoms with Crippen molar-refractivity contribution in [2.75, 3.05) is 0 Å². The molecule has 2 N–H and O–H groups in total. The van der Waals surface area contributed by atoms with Gasteiger partial charge in [0.1, 0.15) is 5.60 Å². The van der Waals surface area contributed by atoms with Gasteiger partial charge in [-0.05, 0) is 47.2 Å². The Morgan fingerprint density at radius 1 is 0.943 bits per heavy atom. The lowest BCUT2D eigenvalue weighted by Crippen LogP contribution is -2.68. The van der Waals surface area contributed by atoms with Crippen LogP contribution in [0.25, 0.3) is 0 Å². The molecule has 1 aliphatic rings. The topological polar surface area (TPSA) is 49.7 Å². The average molecular weight is 491 g/mol. The molecule has 0 spiro atoms.